The zero-order valence-corrected chi connectivity index (χ0v) is 19.3. The van der Waals surface area contributed by atoms with Crippen molar-refractivity contribution in [3.8, 4) is 0 Å². The third-order valence-electron chi connectivity index (χ3n) is 5.60. The van der Waals surface area contributed by atoms with Crippen molar-refractivity contribution >= 4 is 40.4 Å². The van der Waals surface area contributed by atoms with Crippen LogP contribution in [-0.2, 0) is 7.05 Å². The van der Waals surface area contributed by atoms with Gasteiger partial charge in [-0.1, -0.05) is 36.9 Å². The second-order valence-electron chi connectivity index (χ2n) is 7.13. The zero-order valence-electron chi connectivity index (χ0n) is 17.3. The summed E-state index contributed by atoms with van der Waals surface area (Å²) in [6.07, 6.45) is 2.90. The van der Waals surface area contributed by atoms with E-state index < -0.39 is 0 Å². The Morgan fingerprint density at radius 1 is 1.07 bits per heavy atom. The van der Waals surface area contributed by atoms with Gasteiger partial charge in [-0.2, -0.15) is 0 Å². The number of fused-ring (bicyclic) bond motifs is 2. The summed E-state index contributed by atoms with van der Waals surface area (Å²) in [6, 6.07) is 16.6. The van der Waals surface area contributed by atoms with E-state index in [9.17, 15) is 0 Å². The molecule has 1 fully saturated rings. The number of aliphatic imine (C=N–C) groups is 1. The summed E-state index contributed by atoms with van der Waals surface area (Å²) in [7, 11) is 2.09. The second kappa shape index (κ2) is 8.23. The van der Waals surface area contributed by atoms with E-state index in [1.807, 2.05) is 24.3 Å². The summed E-state index contributed by atoms with van der Waals surface area (Å²) in [4.78, 5) is 14.0. The summed E-state index contributed by atoms with van der Waals surface area (Å²) < 4.78 is 2.20. The summed E-state index contributed by atoms with van der Waals surface area (Å²) in [5, 5.41) is 1.18. The Bertz CT molecular complexity index is 1220. The molecule has 2 aromatic heterocycles. The van der Waals surface area contributed by atoms with Gasteiger partial charge in [0.25, 0.3) is 0 Å². The topological polar surface area (TPSA) is 43.1 Å². The van der Waals surface area contributed by atoms with Crippen LogP contribution in [0.25, 0.3) is 28.0 Å². The minimum absolute atomic E-state index is 0. The maximum atomic E-state index is 4.97. The van der Waals surface area contributed by atoms with Gasteiger partial charge in [-0.3, -0.25) is 9.98 Å². The molecule has 0 N–H and O–H groups in total. The quantitative estimate of drug-likeness (QED) is 0.306. The van der Waals surface area contributed by atoms with E-state index in [4.69, 9.17) is 9.97 Å². The van der Waals surface area contributed by atoms with Crippen molar-refractivity contribution in [1.29, 1.82) is 0 Å². The minimum Gasteiger partial charge on any atom is -0.358 e. The molecule has 140 valence electrons. The van der Waals surface area contributed by atoms with Gasteiger partial charge in [0.2, 0.25) is 0 Å². The van der Waals surface area contributed by atoms with Crippen molar-refractivity contribution in [2.24, 2.45) is 12.0 Å². The Balaban J connectivity index is 0.00000120. The van der Waals surface area contributed by atoms with Crippen molar-refractivity contribution in [2.75, 3.05) is 0 Å². The maximum Gasteiger partial charge on any atom is 1.00 e. The normalized spacial score (nSPS) is 17.4. The second-order valence-corrected chi connectivity index (χ2v) is 7.13. The van der Waals surface area contributed by atoms with Gasteiger partial charge in [0.05, 0.1) is 22.2 Å². The number of rotatable bonds is 4. The van der Waals surface area contributed by atoms with E-state index in [0.717, 1.165) is 45.7 Å². The van der Waals surface area contributed by atoms with E-state index in [2.05, 4.69) is 60.2 Å². The number of aromatic nitrogens is 3. The van der Waals surface area contributed by atoms with Gasteiger partial charge in [-0.05, 0) is 37.4 Å². The Morgan fingerprint density at radius 2 is 1.86 bits per heavy atom. The third-order valence-corrected chi connectivity index (χ3v) is 5.60. The molecule has 4 nitrogen and oxygen atoms in total. The summed E-state index contributed by atoms with van der Waals surface area (Å²) in [5.41, 5.74) is 6.04. The van der Waals surface area contributed by atoms with Crippen LogP contribution in [0, 0.1) is 7.43 Å². The first-order valence-electron chi connectivity index (χ1n) is 9.15. The molecular weight excluding hydrogens is 367 g/mol. The van der Waals surface area contributed by atoms with Crippen LogP contribution in [0.3, 0.4) is 0 Å². The van der Waals surface area contributed by atoms with Crippen molar-refractivity contribution in [3.63, 3.8) is 0 Å². The van der Waals surface area contributed by atoms with E-state index >= 15 is 0 Å². The monoisotopic (exact) mass is 390 g/mol. The molecule has 0 amide bonds. The average Bonchev–Trinajstić information content (AvgIpc) is 3.44. The molecule has 2 aromatic carbocycles. The molecule has 1 aliphatic carbocycles. The molecule has 0 aliphatic heterocycles. The van der Waals surface area contributed by atoms with E-state index in [1.54, 1.807) is 0 Å². The summed E-state index contributed by atoms with van der Waals surface area (Å²) in [6.45, 7) is 7.59. The fourth-order valence-electron chi connectivity index (χ4n) is 4.05. The zero-order chi connectivity index (χ0) is 18.5. The Kier molecular flexibility index (Phi) is 6.08. The van der Waals surface area contributed by atoms with Gasteiger partial charge in [-0.15, -0.1) is 0 Å². The molecule has 5 heteroatoms. The predicted molar refractivity (Wildman–Crippen MR) is 118 cm³/mol. The molecule has 5 rings (SSSR count). The van der Waals surface area contributed by atoms with E-state index in [0.29, 0.717) is 11.8 Å². The van der Waals surface area contributed by atoms with E-state index in [-0.39, 0.29) is 37.0 Å². The molecule has 2 atom stereocenters. The maximum absolute atomic E-state index is 4.97. The predicted octanol–water partition coefficient (Wildman–Crippen LogP) is 2.82. The van der Waals surface area contributed by atoms with Gasteiger partial charge in [0, 0.05) is 35.5 Å². The van der Waals surface area contributed by atoms with Crippen LogP contribution in [0.1, 0.15) is 35.3 Å². The average molecular weight is 390 g/mol. The summed E-state index contributed by atoms with van der Waals surface area (Å²) in [5.74, 6) is 1.93. The Morgan fingerprint density at radius 3 is 2.62 bits per heavy atom. The number of aryl methyl sites for hydroxylation is 1. The fraction of sp³-hybridized carbons (Fsp3) is 0.167. The van der Waals surface area contributed by atoms with Crippen molar-refractivity contribution < 1.29 is 29.6 Å². The molecule has 1 saturated carbocycles. The molecule has 29 heavy (non-hydrogen) atoms. The Labute approximate surface area is 193 Å². The molecule has 0 saturated heterocycles. The van der Waals surface area contributed by atoms with Crippen LogP contribution in [0.5, 0.6) is 0 Å². The number of imidazole rings is 1. The van der Waals surface area contributed by atoms with Crippen LogP contribution in [0.2, 0.25) is 0 Å². The van der Waals surface area contributed by atoms with Crippen molar-refractivity contribution in [2.45, 2.75) is 18.3 Å². The first kappa shape index (κ1) is 21.4. The molecule has 2 unspecified atom stereocenters. The van der Waals surface area contributed by atoms with Crippen LogP contribution in [0.15, 0.2) is 60.1 Å². The molecule has 0 radical (unpaired) electrons. The van der Waals surface area contributed by atoms with Crippen LogP contribution in [0.4, 0.5) is 5.69 Å². The number of benzene rings is 2. The van der Waals surface area contributed by atoms with Gasteiger partial charge < -0.3 is 12.0 Å². The molecule has 2 heterocycles. The fourth-order valence-corrected chi connectivity index (χ4v) is 4.05. The van der Waals surface area contributed by atoms with Crippen molar-refractivity contribution in [3.05, 3.63) is 79.6 Å². The molecule has 4 aromatic rings. The van der Waals surface area contributed by atoms with Crippen LogP contribution < -0.4 is 29.6 Å². The first-order chi connectivity index (χ1) is 13.2. The molecule has 0 spiro atoms. The number of hydrogen-bond acceptors (Lipinski definition) is 3. The largest absolute Gasteiger partial charge is 1.00 e. The SMILES string of the molecule is C=Cc1c(N=C)ccc2c1nc(C1CC1c1ccc3ccccc3n1)n2C.[CH3-].[Na+]. The Hall–Kier alpha value is -2.27. The van der Waals surface area contributed by atoms with Gasteiger partial charge in [0.1, 0.15) is 5.82 Å². The molecular formula is C24H23N4Na. The number of nitrogens with zero attached hydrogens (tertiary/aromatic N) is 4. The number of hydrogen-bond donors (Lipinski definition) is 0. The van der Waals surface area contributed by atoms with Crippen molar-refractivity contribution in [1.82, 2.24) is 14.5 Å². The van der Waals surface area contributed by atoms with Gasteiger partial charge >= 0.3 is 29.6 Å². The summed E-state index contributed by atoms with van der Waals surface area (Å²) >= 11 is 0. The number of pyridine rings is 1. The third kappa shape index (κ3) is 3.46. The molecule has 1 aliphatic rings. The van der Waals surface area contributed by atoms with Crippen LogP contribution in [-0.4, -0.2) is 21.3 Å². The van der Waals surface area contributed by atoms with Gasteiger partial charge in [-0.25, -0.2) is 4.98 Å². The minimum atomic E-state index is 0. The smallest absolute Gasteiger partial charge is 0.358 e. The standard InChI is InChI=1S/C23H20N4.CH3.Na/c1-4-15-19(24-2)11-12-21-22(15)26-23(27(21)3)17-13-16(17)20-10-9-14-7-5-6-8-18(14)25-20;;/h4-12,16-17H,1-2,13H2,3H3;1H3;/q;-1;+1. The van der Waals surface area contributed by atoms with Gasteiger partial charge in [0.15, 0.2) is 0 Å². The number of para-hydroxylation sites is 1. The molecule has 0 bridgehead atoms. The van der Waals surface area contributed by atoms with E-state index in [1.165, 1.54) is 5.39 Å². The first-order valence-corrected chi connectivity index (χ1v) is 9.15. The van der Waals surface area contributed by atoms with Crippen LogP contribution >= 0.6 is 0 Å².